The van der Waals surface area contributed by atoms with E-state index in [-0.39, 0.29) is 18.0 Å². The Bertz CT molecular complexity index is 404. The second-order valence-corrected chi connectivity index (χ2v) is 7.42. The quantitative estimate of drug-likeness (QED) is 0.472. The molecule has 1 rings (SSSR count). The molecule has 0 atom stereocenters. The number of carbonyl (C=O) groups is 1. The Hall–Kier alpha value is -1.34. The largest absolute Gasteiger partial charge is 0.357 e. The van der Waals surface area contributed by atoms with Gasteiger partial charge in [-0.25, -0.2) is 4.99 Å². The van der Waals surface area contributed by atoms with Crippen molar-refractivity contribution in [1.82, 2.24) is 25.8 Å². The van der Waals surface area contributed by atoms with E-state index in [9.17, 15) is 4.79 Å². The van der Waals surface area contributed by atoms with Crippen LogP contribution >= 0.6 is 0 Å². The van der Waals surface area contributed by atoms with Crippen molar-refractivity contribution in [2.75, 3.05) is 59.4 Å². The zero-order valence-corrected chi connectivity index (χ0v) is 16.1. The van der Waals surface area contributed by atoms with Gasteiger partial charge in [0.15, 0.2) is 5.96 Å². The lowest BCUT2D eigenvalue weighted by Crippen LogP contribution is -2.44. The standard InChI is InChI=1S/C17H36N6O/c1-6-18-16(20-14-15(24)21-17(2,3)4)19-8-11-23-10-7-9-22(5)12-13-23/h6-14H2,1-5H3,(H,21,24)(H2,18,19,20). The highest BCUT2D eigenvalue weighted by atomic mass is 16.2. The molecule has 24 heavy (non-hydrogen) atoms. The summed E-state index contributed by atoms with van der Waals surface area (Å²) in [5.74, 6) is 0.642. The second kappa shape index (κ2) is 10.5. The van der Waals surface area contributed by atoms with Crippen molar-refractivity contribution in [1.29, 1.82) is 0 Å². The highest BCUT2D eigenvalue weighted by Gasteiger charge is 2.14. The van der Waals surface area contributed by atoms with Gasteiger partial charge in [-0.15, -0.1) is 0 Å². The fourth-order valence-electron chi connectivity index (χ4n) is 2.61. The van der Waals surface area contributed by atoms with Crippen LogP contribution in [-0.2, 0) is 4.79 Å². The van der Waals surface area contributed by atoms with Crippen LogP contribution in [0.2, 0.25) is 0 Å². The molecular formula is C17H36N6O. The summed E-state index contributed by atoms with van der Waals surface area (Å²) in [5.41, 5.74) is -0.224. The first kappa shape index (κ1) is 20.7. The summed E-state index contributed by atoms with van der Waals surface area (Å²) in [6.45, 7) is 15.2. The molecule has 0 saturated carbocycles. The Kier molecular flexibility index (Phi) is 9.07. The minimum atomic E-state index is -0.224. The minimum absolute atomic E-state index is 0.0599. The molecule has 0 bridgehead atoms. The number of carbonyl (C=O) groups excluding carboxylic acids is 1. The maximum absolute atomic E-state index is 11.9. The fourth-order valence-corrected chi connectivity index (χ4v) is 2.61. The van der Waals surface area contributed by atoms with Crippen LogP contribution in [0.15, 0.2) is 4.99 Å². The summed E-state index contributed by atoms with van der Waals surface area (Å²) in [6.07, 6.45) is 1.22. The van der Waals surface area contributed by atoms with Gasteiger partial charge in [0, 0.05) is 38.3 Å². The Balaban J connectivity index is 2.36. The molecule has 1 aliphatic heterocycles. The lowest BCUT2D eigenvalue weighted by molar-refractivity contribution is -0.121. The van der Waals surface area contributed by atoms with E-state index < -0.39 is 0 Å². The molecule has 0 aliphatic carbocycles. The highest BCUT2D eigenvalue weighted by molar-refractivity contribution is 5.85. The number of aliphatic imine (C=N–C) groups is 1. The molecule has 1 amide bonds. The average molecular weight is 341 g/mol. The summed E-state index contributed by atoms with van der Waals surface area (Å²) in [7, 11) is 2.18. The third-order valence-corrected chi connectivity index (χ3v) is 3.77. The van der Waals surface area contributed by atoms with Crippen LogP contribution < -0.4 is 16.0 Å². The molecule has 1 fully saturated rings. The summed E-state index contributed by atoms with van der Waals surface area (Å²) in [5, 5.41) is 9.43. The molecule has 1 aliphatic rings. The number of nitrogens with one attached hydrogen (secondary N) is 3. The van der Waals surface area contributed by atoms with Crippen molar-refractivity contribution in [2.45, 2.75) is 39.7 Å². The van der Waals surface area contributed by atoms with E-state index in [0.717, 1.165) is 39.3 Å². The smallest absolute Gasteiger partial charge is 0.242 e. The maximum Gasteiger partial charge on any atom is 0.242 e. The molecule has 0 aromatic carbocycles. The SMILES string of the molecule is CCNC(=NCC(=O)NC(C)(C)C)NCCN1CCCN(C)CC1. The number of hydrogen-bond acceptors (Lipinski definition) is 4. The van der Waals surface area contributed by atoms with Crippen LogP contribution in [0.1, 0.15) is 34.1 Å². The highest BCUT2D eigenvalue weighted by Crippen LogP contribution is 2.00. The zero-order valence-electron chi connectivity index (χ0n) is 16.1. The molecule has 0 aromatic heterocycles. The first-order valence-electron chi connectivity index (χ1n) is 9.04. The minimum Gasteiger partial charge on any atom is -0.357 e. The number of rotatable bonds is 6. The Morgan fingerprint density at radius 2 is 1.88 bits per heavy atom. The Morgan fingerprint density at radius 1 is 1.12 bits per heavy atom. The van der Waals surface area contributed by atoms with Crippen molar-refractivity contribution in [3.8, 4) is 0 Å². The maximum atomic E-state index is 11.9. The molecule has 0 unspecified atom stereocenters. The zero-order chi connectivity index (χ0) is 18.0. The van der Waals surface area contributed by atoms with E-state index in [2.05, 4.69) is 37.8 Å². The summed E-state index contributed by atoms with van der Waals surface area (Å²) in [6, 6.07) is 0. The van der Waals surface area contributed by atoms with Crippen LogP contribution in [-0.4, -0.2) is 86.6 Å². The van der Waals surface area contributed by atoms with Crippen molar-refractivity contribution in [2.24, 2.45) is 4.99 Å². The Morgan fingerprint density at radius 3 is 2.54 bits per heavy atom. The molecule has 0 radical (unpaired) electrons. The van der Waals surface area contributed by atoms with Gasteiger partial charge >= 0.3 is 0 Å². The van der Waals surface area contributed by atoms with Gasteiger partial charge in [0.05, 0.1) is 0 Å². The number of nitrogens with zero attached hydrogens (tertiary/aromatic N) is 3. The van der Waals surface area contributed by atoms with E-state index in [0.29, 0.717) is 5.96 Å². The van der Waals surface area contributed by atoms with E-state index >= 15 is 0 Å². The van der Waals surface area contributed by atoms with Gasteiger partial charge in [-0.05, 0) is 54.3 Å². The third-order valence-electron chi connectivity index (χ3n) is 3.77. The van der Waals surface area contributed by atoms with Crippen LogP contribution in [0.3, 0.4) is 0 Å². The molecule has 0 spiro atoms. The predicted octanol–water partition coefficient (Wildman–Crippen LogP) is 0.0937. The predicted molar refractivity (Wildman–Crippen MR) is 100 cm³/mol. The third kappa shape index (κ3) is 9.72. The molecule has 140 valence electrons. The summed E-state index contributed by atoms with van der Waals surface area (Å²) in [4.78, 5) is 21.1. The van der Waals surface area contributed by atoms with Crippen LogP contribution in [0, 0.1) is 0 Å². The molecule has 1 saturated heterocycles. The monoisotopic (exact) mass is 340 g/mol. The van der Waals surface area contributed by atoms with Crippen molar-refractivity contribution < 1.29 is 4.79 Å². The van der Waals surface area contributed by atoms with Gasteiger partial charge in [-0.2, -0.15) is 0 Å². The normalized spacial score (nSPS) is 18.1. The number of amides is 1. The molecule has 0 aromatic rings. The van der Waals surface area contributed by atoms with Crippen molar-refractivity contribution in [3.05, 3.63) is 0 Å². The second-order valence-electron chi connectivity index (χ2n) is 7.42. The van der Waals surface area contributed by atoms with Gasteiger partial charge in [0.25, 0.3) is 0 Å². The number of hydrogen-bond donors (Lipinski definition) is 3. The molecular weight excluding hydrogens is 304 g/mol. The average Bonchev–Trinajstić information content (AvgIpc) is 2.68. The van der Waals surface area contributed by atoms with E-state index in [1.54, 1.807) is 0 Å². The van der Waals surface area contributed by atoms with Gasteiger partial charge in [-0.1, -0.05) is 0 Å². The van der Waals surface area contributed by atoms with E-state index in [1.165, 1.54) is 13.0 Å². The number of likely N-dealkylation sites (N-methyl/N-ethyl adjacent to an activating group) is 1. The van der Waals surface area contributed by atoms with Crippen molar-refractivity contribution in [3.63, 3.8) is 0 Å². The molecule has 7 heteroatoms. The number of guanidine groups is 1. The van der Waals surface area contributed by atoms with Gasteiger partial charge in [-0.3, -0.25) is 4.79 Å². The van der Waals surface area contributed by atoms with Gasteiger partial charge in [0.1, 0.15) is 6.54 Å². The van der Waals surface area contributed by atoms with E-state index in [4.69, 9.17) is 0 Å². The molecule has 7 nitrogen and oxygen atoms in total. The van der Waals surface area contributed by atoms with Gasteiger partial charge < -0.3 is 25.8 Å². The lowest BCUT2D eigenvalue weighted by Gasteiger charge is -2.21. The van der Waals surface area contributed by atoms with Crippen LogP contribution in [0.5, 0.6) is 0 Å². The lowest BCUT2D eigenvalue weighted by atomic mass is 10.1. The topological polar surface area (TPSA) is 72.0 Å². The first-order valence-corrected chi connectivity index (χ1v) is 9.04. The van der Waals surface area contributed by atoms with Crippen LogP contribution in [0.4, 0.5) is 0 Å². The van der Waals surface area contributed by atoms with Gasteiger partial charge in [0.2, 0.25) is 5.91 Å². The van der Waals surface area contributed by atoms with E-state index in [1.807, 2.05) is 27.7 Å². The molecule has 3 N–H and O–H groups in total. The fraction of sp³-hybridized carbons (Fsp3) is 0.882. The summed E-state index contributed by atoms with van der Waals surface area (Å²) >= 11 is 0. The van der Waals surface area contributed by atoms with Crippen LogP contribution in [0.25, 0.3) is 0 Å². The molecule has 1 heterocycles. The summed E-state index contributed by atoms with van der Waals surface area (Å²) < 4.78 is 0. The Labute approximate surface area is 147 Å². The first-order chi connectivity index (χ1) is 11.3. The van der Waals surface area contributed by atoms with Crippen molar-refractivity contribution >= 4 is 11.9 Å².